The van der Waals surface area contributed by atoms with E-state index in [1.54, 1.807) is 0 Å². The van der Waals surface area contributed by atoms with E-state index >= 15 is 0 Å². The molecular formula is C11H19N. The summed E-state index contributed by atoms with van der Waals surface area (Å²) < 4.78 is 0. The minimum Gasteiger partial charge on any atom is -0.388 e. The molecule has 0 heterocycles. The first-order valence-corrected chi connectivity index (χ1v) is 4.36. The Morgan fingerprint density at radius 1 is 1.50 bits per heavy atom. The first-order chi connectivity index (χ1) is 5.67. The number of nitrogens with one attached hydrogen (secondary N) is 1. The molecule has 0 amide bonds. The largest absolute Gasteiger partial charge is 0.388 e. The average molecular weight is 165 g/mol. The summed E-state index contributed by atoms with van der Waals surface area (Å²) in [5, 5.41) is 3.17. The molecule has 0 aromatic heterocycles. The zero-order valence-electron chi connectivity index (χ0n) is 8.57. The van der Waals surface area contributed by atoms with Crippen molar-refractivity contribution in [2.45, 2.75) is 27.2 Å². The van der Waals surface area contributed by atoms with Gasteiger partial charge in [0.05, 0.1) is 0 Å². The van der Waals surface area contributed by atoms with Crippen LogP contribution in [0.4, 0.5) is 0 Å². The lowest BCUT2D eigenvalue weighted by Gasteiger charge is -2.10. The lowest BCUT2D eigenvalue weighted by atomic mass is 10.1. The molecule has 0 aliphatic rings. The molecule has 0 saturated heterocycles. The molecular weight excluding hydrogens is 146 g/mol. The molecule has 0 aliphatic heterocycles. The van der Waals surface area contributed by atoms with Crippen LogP contribution in [0.5, 0.6) is 0 Å². The van der Waals surface area contributed by atoms with Crippen LogP contribution in [0.25, 0.3) is 0 Å². The Balaban J connectivity index is 4.66. The van der Waals surface area contributed by atoms with Gasteiger partial charge in [-0.3, -0.25) is 0 Å². The van der Waals surface area contributed by atoms with Crippen LogP contribution < -0.4 is 5.32 Å². The molecule has 12 heavy (non-hydrogen) atoms. The van der Waals surface area contributed by atoms with E-state index in [1.807, 2.05) is 26.1 Å². The SMILES string of the molecule is C=C(/C=C\C)/C(NC)=C(/C)CC. The number of hydrogen-bond acceptors (Lipinski definition) is 1. The smallest absolute Gasteiger partial charge is 0.0394 e. The molecule has 0 rings (SSSR count). The third-order valence-corrected chi connectivity index (χ3v) is 1.90. The molecule has 68 valence electrons. The Hall–Kier alpha value is -0.980. The van der Waals surface area contributed by atoms with Gasteiger partial charge in [-0.2, -0.15) is 0 Å². The van der Waals surface area contributed by atoms with Crippen molar-refractivity contribution < 1.29 is 0 Å². The Kier molecular flexibility index (Phi) is 5.18. The zero-order chi connectivity index (χ0) is 9.56. The quantitative estimate of drug-likeness (QED) is 0.631. The molecule has 0 bridgehead atoms. The fraction of sp³-hybridized carbons (Fsp3) is 0.455. The monoisotopic (exact) mass is 165 g/mol. The summed E-state index contributed by atoms with van der Waals surface area (Å²) in [6.07, 6.45) is 5.08. The van der Waals surface area contributed by atoms with Crippen molar-refractivity contribution in [3.63, 3.8) is 0 Å². The topological polar surface area (TPSA) is 12.0 Å². The summed E-state index contributed by atoms with van der Waals surface area (Å²) in [6.45, 7) is 10.3. The summed E-state index contributed by atoms with van der Waals surface area (Å²) in [5.41, 5.74) is 3.57. The maximum absolute atomic E-state index is 3.98. The van der Waals surface area contributed by atoms with E-state index in [1.165, 1.54) is 5.57 Å². The van der Waals surface area contributed by atoms with Crippen LogP contribution in [0.15, 0.2) is 35.6 Å². The summed E-state index contributed by atoms with van der Waals surface area (Å²) in [4.78, 5) is 0. The maximum atomic E-state index is 3.98. The molecule has 0 unspecified atom stereocenters. The van der Waals surface area contributed by atoms with Crippen molar-refractivity contribution in [2.24, 2.45) is 0 Å². The van der Waals surface area contributed by atoms with Crippen LogP contribution in [-0.2, 0) is 0 Å². The van der Waals surface area contributed by atoms with Gasteiger partial charge in [0.25, 0.3) is 0 Å². The second kappa shape index (κ2) is 5.64. The van der Waals surface area contributed by atoms with Gasteiger partial charge in [-0.05, 0) is 31.4 Å². The Morgan fingerprint density at radius 2 is 2.08 bits per heavy atom. The zero-order valence-corrected chi connectivity index (χ0v) is 8.57. The van der Waals surface area contributed by atoms with Crippen molar-refractivity contribution in [1.82, 2.24) is 5.32 Å². The van der Waals surface area contributed by atoms with Crippen LogP contribution in [0.2, 0.25) is 0 Å². The average Bonchev–Trinajstić information content (AvgIpc) is 2.06. The second-order valence-electron chi connectivity index (χ2n) is 2.78. The highest BCUT2D eigenvalue weighted by Crippen LogP contribution is 2.13. The van der Waals surface area contributed by atoms with E-state index in [4.69, 9.17) is 0 Å². The molecule has 0 aliphatic carbocycles. The molecule has 1 N–H and O–H groups in total. The van der Waals surface area contributed by atoms with Crippen LogP contribution in [0, 0.1) is 0 Å². The van der Waals surface area contributed by atoms with E-state index in [0.29, 0.717) is 0 Å². The fourth-order valence-electron chi connectivity index (χ4n) is 1.11. The van der Waals surface area contributed by atoms with Gasteiger partial charge in [0, 0.05) is 12.7 Å². The van der Waals surface area contributed by atoms with Crippen LogP contribution >= 0.6 is 0 Å². The highest BCUT2D eigenvalue weighted by Gasteiger charge is 1.99. The predicted molar refractivity (Wildman–Crippen MR) is 56.0 cm³/mol. The fourth-order valence-corrected chi connectivity index (χ4v) is 1.11. The van der Waals surface area contributed by atoms with Crippen molar-refractivity contribution >= 4 is 0 Å². The van der Waals surface area contributed by atoms with Crippen molar-refractivity contribution in [3.05, 3.63) is 35.6 Å². The molecule has 0 fully saturated rings. The molecule has 0 aromatic rings. The van der Waals surface area contributed by atoms with E-state index in [-0.39, 0.29) is 0 Å². The predicted octanol–water partition coefficient (Wildman–Crippen LogP) is 3.02. The van der Waals surface area contributed by atoms with Crippen LogP contribution in [0.1, 0.15) is 27.2 Å². The van der Waals surface area contributed by atoms with E-state index < -0.39 is 0 Å². The molecule has 0 radical (unpaired) electrons. The van der Waals surface area contributed by atoms with Gasteiger partial charge in [0.2, 0.25) is 0 Å². The highest BCUT2D eigenvalue weighted by molar-refractivity contribution is 5.38. The first kappa shape index (κ1) is 11.0. The number of likely N-dealkylation sites (N-methyl/N-ethyl adjacent to an activating group) is 1. The molecule has 0 spiro atoms. The second-order valence-corrected chi connectivity index (χ2v) is 2.78. The summed E-state index contributed by atoms with van der Waals surface area (Å²) in [5.74, 6) is 0. The van der Waals surface area contributed by atoms with Gasteiger partial charge in [-0.25, -0.2) is 0 Å². The maximum Gasteiger partial charge on any atom is 0.0394 e. The van der Waals surface area contributed by atoms with Gasteiger partial charge >= 0.3 is 0 Å². The van der Waals surface area contributed by atoms with Gasteiger partial charge < -0.3 is 5.32 Å². The Labute approximate surface area is 75.9 Å². The lowest BCUT2D eigenvalue weighted by Crippen LogP contribution is -2.09. The number of allylic oxidation sites excluding steroid dienone is 3. The minimum absolute atomic E-state index is 1.05. The van der Waals surface area contributed by atoms with Crippen molar-refractivity contribution in [2.75, 3.05) is 7.05 Å². The number of hydrogen-bond donors (Lipinski definition) is 1. The molecule has 1 heteroatoms. The highest BCUT2D eigenvalue weighted by atomic mass is 14.8. The normalized spacial score (nSPS) is 13.0. The van der Waals surface area contributed by atoms with Crippen molar-refractivity contribution in [1.29, 1.82) is 0 Å². The van der Waals surface area contributed by atoms with Crippen LogP contribution in [0.3, 0.4) is 0 Å². The van der Waals surface area contributed by atoms with E-state index in [9.17, 15) is 0 Å². The third-order valence-electron chi connectivity index (χ3n) is 1.90. The van der Waals surface area contributed by atoms with Crippen LogP contribution in [-0.4, -0.2) is 7.05 Å². The van der Waals surface area contributed by atoms with Crippen molar-refractivity contribution in [3.8, 4) is 0 Å². The molecule has 1 nitrogen and oxygen atoms in total. The van der Waals surface area contributed by atoms with Gasteiger partial charge in [0.1, 0.15) is 0 Å². The molecule has 0 atom stereocenters. The van der Waals surface area contributed by atoms with Gasteiger partial charge in [-0.1, -0.05) is 25.7 Å². The summed E-state index contributed by atoms with van der Waals surface area (Å²) >= 11 is 0. The molecule has 0 aromatic carbocycles. The Bertz CT molecular complexity index is 209. The number of rotatable bonds is 4. The van der Waals surface area contributed by atoms with Gasteiger partial charge in [-0.15, -0.1) is 0 Å². The minimum atomic E-state index is 1.05. The Morgan fingerprint density at radius 3 is 2.42 bits per heavy atom. The van der Waals surface area contributed by atoms with Gasteiger partial charge in [0.15, 0.2) is 0 Å². The van der Waals surface area contributed by atoms with E-state index in [0.717, 1.165) is 17.7 Å². The van der Waals surface area contributed by atoms with E-state index in [2.05, 4.69) is 25.7 Å². The first-order valence-electron chi connectivity index (χ1n) is 4.36. The standard InChI is InChI=1S/C11H19N/c1-6-8-10(4)11(12-5)9(3)7-2/h6,8,12H,4,7H2,1-3,5H3/b8-6-,11-9+. The summed E-state index contributed by atoms with van der Waals surface area (Å²) in [6, 6.07) is 0. The molecule has 0 saturated carbocycles. The third kappa shape index (κ3) is 2.95. The summed E-state index contributed by atoms with van der Waals surface area (Å²) in [7, 11) is 1.93. The lowest BCUT2D eigenvalue weighted by molar-refractivity contribution is 0.941.